The van der Waals surface area contributed by atoms with Crippen LogP contribution in [0.3, 0.4) is 0 Å². The van der Waals surface area contributed by atoms with Crippen LogP contribution >= 0.6 is 0 Å². The van der Waals surface area contributed by atoms with Crippen LogP contribution in [-0.4, -0.2) is 32.0 Å². The summed E-state index contributed by atoms with van der Waals surface area (Å²) in [7, 11) is -3.86. The van der Waals surface area contributed by atoms with Gasteiger partial charge < -0.3 is 5.73 Å². The van der Waals surface area contributed by atoms with E-state index in [9.17, 15) is 12.8 Å². The van der Waals surface area contributed by atoms with E-state index in [0.717, 1.165) is 4.31 Å². The first-order chi connectivity index (χ1) is 8.94. The first-order valence-corrected chi connectivity index (χ1v) is 7.08. The smallest absolute Gasteiger partial charge is 0.301 e. The van der Waals surface area contributed by atoms with Crippen molar-refractivity contribution >= 4 is 21.6 Å². The van der Waals surface area contributed by atoms with E-state index in [-0.39, 0.29) is 36.4 Å². The van der Waals surface area contributed by atoms with E-state index in [1.54, 1.807) is 0 Å². The summed E-state index contributed by atoms with van der Waals surface area (Å²) < 4.78 is 40.4. The number of halogens is 1. The highest BCUT2D eigenvalue weighted by molar-refractivity contribution is 7.90. The molecule has 0 bridgehead atoms. The number of nitrogen functional groups attached to an aromatic ring is 1. The third-order valence-corrected chi connectivity index (χ3v) is 4.37. The summed E-state index contributed by atoms with van der Waals surface area (Å²) in [6.45, 7) is -0.0414. The van der Waals surface area contributed by atoms with Crippen LogP contribution < -0.4 is 10.5 Å². The minimum atomic E-state index is -3.86. The Bertz CT molecular complexity index is 626. The van der Waals surface area contributed by atoms with Gasteiger partial charge in [-0.1, -0.05) is 6.07 Å². The Morgan fingerprint density at radius 1 is 1.53 bits per heavy atom. The molecule has 8 heteroatoms. The molecule has 1 heterocycles. The molecule has 1 fully saturated rings. The number of hydrogen-bond acceptors (Lipinski definition) is 4. The molecule has 0 saturated carbocycles. The molecule has 0 aliphatic carbocycles. The number of benzene rings is 1. The maximum atomic E-state index is 13.0. The lowest BCUT2D eigenvalue weighted by atomic mass is 10.1. The number of alkyl halides is 1. The second kappa shape index (κ2) is 5.03. The Balaban J connectivity index is 2.27. The third kappa shape index (κ3) is 2.77. The van der Waals surface area contributed by atoms with Gasteiger partial charge in [-0.2, -0.15) is 18.0 Å². The van der Waals surface area contributed by atoms with Crippen LogP contribution in [0, 0.1) is 11.3 Å². The largest absolute Gasteiger partial charge is 0.398 e. The lowest BCUT2D eigenvalue weighted by Gasteiger charge is -2.17. The van der Waals surface area contributed by atoms with Gasteiger partial charge in [-0.05, 0) is 18.6 Å². The van der Waals surface area contributed by atoms with E-state index in [0.29, 0.717) is 0 Å². The zero-order valence-electron chi connectivity index (χ0n) is 10.0. The molecule has 1 saturated heterocycles. The molecule has 19 heavy (non-hydrogen) atoms. The predicted molar refractivity (Wildman–Crippen MR) is 69.2 cm³/mol. The summed E-state index contributed by atoms with van der Waals surface area (Å²) in [6.07, 6.45) is -0.962. The highest BCUT2D eigenvalue weighted by Crippen LogP contribution is 2.24. The number of nitrogens with zero attached hydrogens (tertiary/aromatic N) is 2. The molecule has 1 aliphatic rings. The van der Waals surface area contributed by atoms with Crippen LogP contribution in [0.5, 0.6) is 0 Å². The van der Waals surface area contributed by atoms with Crippen molar-refractivity contribution in [2.75, 3.05) is 23.5 Å². The molecular formula is C11H13FN4O2S. The van der Waals surface area contributed by atoms with Crippen molar-refractivity contribution in [3.63, 3.8) is 0 Å². The minimum absolute atomic E-state index is 0.0575. The fourth-order valence-corrected chi connectivity index (χ4v) is 3.17. The summed E-state index contributed by atoms with van der Waals surface area (Å²) in [4.78, 5) is 0. The van der Waals surface area contributed by atoms with Crippen LogP contribution in [0.1, 0.15) is 12.0 Å². The quantitative estimate of drug-likeness (QED) is 0.803. The van der Waals surface area contributed by atoms with Gasteiger partial charge in [-0.15, -0.1) is 0 Å². The van der Waals surface area contributed by atoms with Gasteiger partial charge in [0.05, 0.1) is 16.9 Å². The Morgan fingerprint density at radius 3 is 2.84 bits per heavy atom. The summed E-state index contributed by atoms with van der Waals surface area (Å²) >= 11 is 0. The third-order valence-electron chi connectivity index (χ3n) is 2.88. The molecule has 0 aromatic heterocycles. The maximum Gasteiger partial charge on any atom is 0.301 e. The molecule has 0 amide bonds. The van der Waals surface area contributed by atoms with Crippen LogP contribution in [0.2, 0.25) is 0 Å². The highest BCUT2D eigenvalue weighted by Gasteiger charge is 2.31. The molecule has 6 nitrogen and oxygen atoms in total. The van der Waals surface area contributed by atoms with Gasteiger partial charge >= 0.3 is 10.2 Å². The highest BCUT2D eigenvalue weighted by atomic mass is 32.2. The Labute approximate surface area is 110 Å². The molecule has 1 aromatic carbocycles. The molecular weight excluding hydrogens is 271 g/mol. The zero-order valence-corrected chi connectivity index (χ0v) is 10.8. The summed E-state index contributed by atoms with van der Waals surface area (Å²) in [5.74, 6) is 0. The first kappa shape index (κ1) is 13.6. The van der Waals surface area contributed by atoms with E-state index in [4.69, 9.17) is 11.0 Å². The van der Waals surface area contributed by atoms with Crippen molar-refractivity contribution in [1.82, 2.24) is 4.31 Å². The first-order valence-electron chi connectivity index (χ1n) is 5.64. The summed E-state index contributed by atoms with van der Waals surface area (Å²) in [5.41, 5.74) is 5.94. The van der Waals surface area contributed by atoms with E-state index >= 15 is 0 Å². The van der Waals surface area contributed by atoms with E-state index < -0.39 is 16.4 Å². The topological polar surface area (TPSA) is 99.2 Å². The molecule has 3 N–H and O–H groups in total. The average Bonchev–Trinajstić information content (AvgIpc) is 2.76. The van der Waals surface area contributed by atoms with Crippen molar-refractivity contribution in [2.45, 2.75) is 12.6 Å². The monoisotopic (exact) mass is 284 g/mol. The Hall–Kier alpha value is -1.85. The van der Waals surface area contributed by atoms with Gasteiger partial charge in [0.25, 0.3) is 0 Å². The average molecular weight is 284 g/mol. The molecule has 102 valence electrons. The number of hydrogen-bond donors (Lipinski definition) is 2. The second-order valence-corrected chi connectivity index (χ2v) is 5.90. The number of nitrogens with one attached hydrogen (secondary N) is 1. The van der Waals surface area contributed by atoms with E-state index in [1.165, 1.54) is 18.2 Å². The minimum Gasteiger partial charge on any atom is -0.398 e. The van der Waals surface area contributed by atoms with Gasteiger partial charge in [0.1, 0.15) is 12.2 Å². The van der Waals surface area contributed by atoms with Crippen molar-refractivity contribution < 1.29 is 12.8 Å². The molecule has 1 aromatic rings. The van der Waals surface area contributed by atoms with Crippen molar-refractivity contribution in [2.24, 2.45) is 0 Å². The van der Waals surface area contributed by atoms with Gasteiger partial charge in [0, 0.05) is 13.1 Å². The number of nitrogens with two attached hydrogens (primary N) is 1. The van der Waals surface area contributed by atoms with Crippen LogP contribution in [0.4, 0.5) is 15.8 Å². The van der Waals surface area contributed by atoms with Crippen molar-refractivity contribution in [3.8, 4) is 6.07 Å². The Morgan fingerprint density at radius 2 is 2.26 bits per heavy atom. The molecule has 2 rings (SSSR count). The van der Waals surface area contributed by atoms with Crippen molar-refractivity contribution in [3.05, 3.63) is 23.8 Å². The zero-order chi connectivity index (χ0) is 14.0. The Kier molecular flexibility index (Phi) is 3.59. The second-order valence-electron chi connectivity index (χ2n) is 4.23. The lowest BCUT2D eigenvalue weighted by Crippen LogP contribution is -2.34. The molecule has 1 aliphatic heterocycles. The number of rotatable bonds is 3. The fraction of sp³-hybridized carbons (Fsp3) is 0.364. The summed E-state index contributed by atoms with van der Waals surface area (Å²) in [5, 5.41) is 8.97. The standard InChI is InChI=1S/C11H13FN4O2S/c12-8-4-5-16(7-8)19(17,18)15-11-3-1-2-10(14)9(11)6-13/h1-3,8,15H,4-5,7,14H2. The summed E-state index contributed by atoms with van der Waals surface area (Å²) in [6, 6.07) is 6.32. The van der Waals surface area contributed by atoms with Crippen LogP contribution in [0.25, 0.3) is 0 Å². The SMILES string of the molecule is N#Cc1c(N)cccc1NS(=O)(=O)N1CCC(F)C1. The van der Waals surface area contributed by atoms with Gasteiger partial charge in [-0.3, -0.25) is 4.72 Å². The lowest BCUT2D eigenvalue weighted by molar-refractivity contribution is 0.343. The van der Waals surface area contributed by atoms with Crippen molar-refractivity contribution in [1.29, 1.82) is 5.26 Å². The fourth-order valence-electron chi connectivity index (χ4n) is 1.89. The number of nitriles is 1. The van der Waals surface area contributed by atoms with Crippen LogP contribution in [0.15, 0.2) is 18.2 Å². The maximum absolute atomic E-state index is 13.0. The molecule has 0 spiro atoms. The molecule has 0 radical (unpaired) electrons. The molecule has 1 atom stereocenters. The molecule has 1 unspecified atom stereocenters. The van der Waals surface area contributed by atoms with Gasteiger partial charge in [0.2, 0.25) is 0 Å². The van der Waals surface area contributed by atoms with E-state index in [1.807, 2.05) is 6.07 Å². The van der Waals surface area contributed by atoms with Crippen LogP contribution in [-0.2, 0) is 10.2 Å². The predicted octanol–water partition coefficient (Wildman–Crippen LogP) is 0.841. The van der Waals surface area contributed by atoms with Gasteiger partial charge in [-0.25, -0.2) is 4.39 Å². The van der Waals surface area contributed by atoms with Gasteiger partial charge in [0.15, 0.2) is 0 Å². The van der Waals surface area contributed by atoms with E-state index in [2.05, 4.69) is 4.72 Å². The normalized spacial score (nSPS) is 20.1. The number of anilines is 2.